The molecule has 2 aliphatic heterocycles. The molecular formula is C25H20ClNO7. The molecule has 0 aromatic heterocycles. The Morgan fingerprint density at radius 3 is 2.21 bits per heavy atom. The quantitative estimate of drug-likeness (QED) is 0.470. The van der Waals surface area contributed by atoms with E-state index in [1.165, 1.54) is 25.2 Å². The first-order valence-electron chi connectivity index (χ1n) is 10.2. The van der Waals surface area contributed by atoms with E-state index in [9.17, 15) is 14.4 Å². The highest BCUT2D eigenvalue weighted by Gasteiger charge is 2.31. The summed E-state index contributed by atoms with van der Waals surface area (Å²) in [4.78, 5) is 40.4. The zero-order chi connectivity index (χ0) is 24.2. The predicted molar refractivity (Wildman–Crippen MR) is 124 cm³/mol. The Labute approximate surface area is 200 Å². The molecule has 8 nitrogen and oxygen atoms in total. The average Bonchev–Trinajstić information content (AvgIpc) is 3.10. The van der Waals surface area contributed by atoms with Crippen LogP contribution in [0.4, 0.5) is 5.69 Å². The van der Waals surface area contributed by atoms with Gasteiger partial charge in [0.2, 0.25) is 0 Å². The van der Waals surface area contributed by atoms with Crippen LogP contribution in [0, 0.1) is 0 Å². The van der Waals surface area contributed by atoms with E-state index < -0.39 is 11.9 Å². The maximum absolute atomic E-state index is 13.6. The largest absolute Gasteiger partial charge is 0.486 e. The van der Waals surface area contributed by atoms with Crippen molar-refractivity contribution in [3.63, 3.8) is 0 Å². The van der Waals surface area contributed by atoms with Gasteiger partial charge in [0.05, 0.1) is 31.0 Å². The van der Waals surface area contributed by atoms with Crippen LogP contribution in [0.2, 0.25) is 5.02 Å². The van der Waals surface area contributed by atoms with Crippen molar-refractivity contribution in [2.75, 3.05) is 32.3 Å². The SMILES string of the molecule is COC(=O)C1=C(C(=O)OC)N(c2cc3c(cc2C(=O)c2ccc(Cl)cc2)OCCO3)C=CC=C1. The van der Waals surface area contributed by atoms with Crippen molar-refractivity contribution in [3.05, 3.63) is 88.2 Å². The molecule has 0 aliphatic carbocycles. The molecule has 2 aromatic rings. The number of hydrogen-bond donors (Lipinski definition) is 0. The van der Waals surface area contributed by atoms with Gasteiger partial charge in [-0.05, 0) is 42.5 Å². The monoisotopic (exact) mass is 481 g/mol. The fourth-order valence-electron chi connectivity index (χ4n) is 3.57. The van der Waals surface area contributed by atoms with Crippen LogP contribution >= 0.6 is 11.6 Å². The second kappa shape index (κ2) is 9.84. The first kappa shape index (κ1) is 23.1. The third-order valence-corrected chi connectivity index (χ3v) is 5.41. The number of hydrogen-bond acceptors (Lipinski definition) is 8. The number of anilines is 1. The van der Waals surface area contributed by atoms with Crippen LogP contribution in [0.3, 0.4) is 0 Å². The van der Waals surface area contributed by atoms with E-state index in [1.807, 2.05) is 0 Å². The van der Waals surface area contributed by atoms with Crippen LogP contribution in [-0.4, -0.2) is 45.2 Å². The first-order chi connectivity index (χ1) is 16.4. The lowest BCUT2D eigenvalue weighted by Gasteiger charge is -2.27. The van der Waals surface area contributed by atoms with Gasteiger partial charge in [0, 0.05) is 22.9 Å². The van der Waals surface area contributed by atoms with Gasteiger partial charge in [-0.3, -0.25) is 4.79 Å². The third kappa shape index (κ3) is 4.40. The summed E-state index contributed by atoms with van der Waals surface area (Å²) in [7, 11) is 2.41. The summed E-state index contributed by atoms with van der Waals surface area (Å²) in [5.41, 5.74) is 0.700. The van der Waals surface area contributed by atoms with Gasteiger partial charge in [0.25, 0.3) is 0 Å². The molecule has 0 spiro atoms. The van der Waals surface area contributed by atoms with E-state index in [-0.39, 0.29) is 28.3 Å². The Balaban J connectivity index is 1.96. The summed E-state index contributed by atoms with van der Waals surface area (Å²) in [6, 6.07) is 9.56. The number of ether oxygens (including phenoxy) is 4. The Bertz CT molecular complexity index is 1240. The molecule has 0 atom stereocenters. The molecule has 2 aliphatic rings. The highest BCUT2D eigenvalue weighted by molar-refractivity contribution is 6.30. The number of allylic oxidation sites excluding steroid dienone is 2. The molecule has 0 N–H and O–H groups in total. The van der Waals surface area contributed by atoms with Gasteiger partial charge in [-0.25, -0.2) is 9.59 Å². The number of methoxy groups -OCH3 is 2. The lowest BCUT2D eigenvalue weighted by Crippen LogP contribution is -2.28. The molecule has 0 unspecified atom stereocenters. The molecule has 0 saturated heterocycles. The van der Waals surface area contributed by atoms with Gasteiger partial charge in [0.1, 0.15) is 18.9 Å². The average molecular weight is 482 g/mol. The molecule has 4 rings (SSSR count). The molecule has 0 radical (unpaired) electrons. The van der Waals surface area contributed by atoms with Crippen LogP contribution < -0.4 is 14.4 Å². The number of ketones is 1. The summed E-state index contributed by atoms with van der Waals surface area (Å²) in [5.74, 6) is -1.10. The fourth-order valence-corrected chi connectivity index (χ4v) is 3.69. The second-order valence-electron chi connectivity index (χ2n) is 7.17. The van der Waals surface area contributed by atoms with Crippen molar-refractivity contribution in [3.8, 4) is 11.5 Å². The van der Waals surface area contributed by atoms with E-state index in [1.54, 1.807) is 54.8 Å². The highest BCUT2D eigenvalue weighted by Crippen LogP contribution is 2.40. The number of rotatable bonds is 5. The van der Waals surface area contributed by atoms with Crippen molar-refractivity contribution >= 4 is 35.0 Å². The molecular weight excluding hydrogens is 462 g/mol. The van der Waals surface area contributed by atoms with Crippen molar-refractivity contribution in [2.24, 2.45) is 0 Å². The number of esters is 2. The number of benzene rings is 2. The Hall–Kier alpha value is -4.04. The third-order valence-electron chi connectivity index (χ3n) is 5.16. The van der Waals surface area contributed by atoms with Crippen LogP contribution in [0.5, 0.6) is 11.5 Å². The van der Waals surface area contributed by atoms with Crippen LogP contribution in [-0.2, 0) is 19.1 Å². The summed E-state index contributed by atoms with van der Waals surface area (Å²) < 4.78 is 21.2. The summed E-state index contributed by atoms with van der Waals surface area (Å²) in [6.07, 6.45) is 6.18. The van der Waals surface area contributed by atoms with E-state index in [0.717, 1.165) is 0 Å². The van der Waals surface area contributed by atoms with Crippen molar-refractivity contribution in [1.82, 2.24) is 0 Å². The standard InChI is InChI=1S/C25H20ClNO7/c1-31-24(29)17-5-3-4-10-27(22(17)25(30)32-2)19-14-21-20(33-11-12-34-21)13-18(19)23(28)15-6-8-16(26)9-7-15/h3-10,13-14H,11-12H2,1-2H3. The molecule has 0 amide bonds. The van der Waals surface area contributed by atoms with Gasteiger partial charge < -0.3 is 23.8 Å². The molecule has 0 saturated carbocycles. The van der Waals surface area contributed by atoms with E-state index in [4.69, 9.17) is 30.5 Å². The minimum atomic E-state index is -0.795. The fraction of sp³-hybridized carbons (Fsp3) is 0.160. The van der Waals surface area contributed by atoms with Crippen LogP contribution in [0.25, 0.3) is 0 Å². The molecule has 2 aromatic carbocycles. The number of carbonyl (C=O) groups is 3. The zero-order valence-corrected chi connectivity index (χ0v) is 19.1. The van der Waals surface area contributed by atoms with Crippen LogP contribution in [0.1, 0.15) is 15.9 Å². The molecule has 9 heteroatoms. The number of fused-ring (bicyclic) bond motifs is 1. The van der Waals surface area contributed by atoms with E-state index in [2.05, 4.69) is 0 Å². The second-order valence-corrected chi connectivity index (χ2v) is 7.60. The van der Waals surface area contributed by atoms with E-state index >= 15 is 0 Å². The smallest absolute Gasteiger partial charge is 0.355 e. The maximum atomic E-state index is 13.6. The van der Waals surface area contributed by atoms with Gasteiger partial charge in [0.15, 0.2) is 17.3 Å². The predicted octanol–water partition coefficient (Wildman–Crippen LogP) is 3.83. The number of halogens is 1. The minimum Gasteiger partial charge on any atom is -0.486 e. The maximum Gasteiger partial charge on any atom is 0.355 e. The Morgan fingerprint density at radius 1 is 0.912 bits per heavy atom. The van der Waals surface area contributed by atoms with E-state index in [0.29, 0.717) is 35.3 Å². The molecule has 0 fully saturated rings. The van der Waals surface area contributed by atoms with Gasteiger partial charge in [-0.1, -0.05) is 17.7 Å². The highest BCUT2D eigenvalue weighted by atomic mass is 35.5. The topological polar surface area (TPSA) is 91.4 Å². The van der Waals surface area contributed by atoms with Gasteiger partial charge >= 0.3 is 11.9 Å². The van der Waals surface area contributed by atoms with Gasteiger partial charge in [-0.2, -0.15) is 0 Å². The number of carbonyl (C=O) groups excluding carboxylic acids is 3. The van der Waals surface area contributed by atoms with Gasteiger partial charge in [-0.15, -0.1) is 0 Å². The Morgan fingerprint density at radius 2 is 1.56 bits per heavy atom. The first-order valence-corrected chi connectivity index (χ1v) is 10.6. The number of nitrogens with zero attached hydrogens (tertiary/aromatic N) is 1. The normalized spacial score (nSPS) is 14.5. The summed E-state index contributed by atoms with van der Waals surface area (Å²) in [5, 5.41) is 0.485. The lowest BCUT2D eigenvalue weighted by atomic mass is 9.99. The van der Waals surface area contributed by atoms with Crippen molar-refractivity contribution in [1.29, 1.82) is 0 Å². The summed E-state index contributed by atoms with van der Waals surface area (Å²) in [6.45, 7) is 0.648. The minimum absolute atomic E-state index is 0.0425. The zero-order valence-electron chi connectivity index (χ0n) is 18.4. The van der Waals surface area contributed by atoms with Crippen molar-refractivity contribution < 1.29 is 33.3 Å². The molecule has 2 heterocycles. The molecule has 174 valence electrons. The van der Waals surface area contributed by atoms with Crippen molar-refractivity contribution in [2.45, 2.75) is 0 Å². The lowest BCUT2D eigenvalue weighted by molar-refractivity contribution is -0.139. The Kier molecular flexibility index (Phi) is 6.70. The van der Waals surface area contributed by atoms with Crippen LogP contribution in [0.15, 0.2) is 72.1 Å². The molecule has 0 bridgehead atoms. The molecule has 34 heavy (non-hydrogen) atoms. The summed E-state index contributed by atoms with van der Waals surface area (Å²) >= 11 is 5.98.